The van der Waals surface area contributed by atoms with Gasteiger partial charge in [0, 0.05) is 37.8 Å². The Morgan fingerprint density at radius 3 is 2.49 bits per heavy atom. The third kappa shape index (κ3) is 4.82. The number of sulfonamides is 1. The average molecular weight is 490 g/mol. The van der Waals surface area contributed by atoms with Gasteiger partial charge in [0.15, 0.2) is 5.65 Å². The van der Waals surface area contributed by atoms with Crippen LogP contribution in [0.5, 0.6) is 0 Å². The van der Waals surface area contributed by atoms with Crippen LogP contribution in [0.4, 0.5) is 0 Å². The van der Waals surface area contributed by atoms with E-state index in [1.807, 2.05) is 48.0 Å². The quantitative estimate of drug-likeness (QED) is 0.429. The Bertz CT molecular complexity index is 1450. The molecule has 2 aromatic carbocycles. The Morgan fingerprint density at radius 1 is 0.943 bits per heavy atom. The molecule has 35 heavy (non-hydrogen) atoms. The molecule has 2 aromatic heterocycles. The van der Waals surface area contributed by atoms with E-state index < -0.39 is 10.0 Å². The van der Waals surface area contributed by atoms with Crippen LogP contribution in [0.25, 0.3) is 11.0 Å². The van der Waals surface area contributed by atoms with E-state index in [2.05, 4.69) is 10.1 Å². The molecule has 1 saturated heterocycles. The van der Waals surface area contributed by atoms with E-state index >= 15 is 0 Å². The lowest BCUT2D eigenvalue weighted by atomic mass is 10.2. The minimum atomic E-state index is -3.60. The number of hydrogen-bond donors (Lipinski definition) is 0. The molecular weight excluding hydrogens is 462 g/mol. The molecule has 0 spiro atoms. The van der Waals surface area contributed by atoms with Gasteiger partial charge in [-0.2, -0.15) is 9.40 Å². The van der Waals surface area contributed by atoms with Crippen molar-refractivity contribution < 1.29 is 13.2 Å². The van der Waals surface area contributed by atoms with Crippen LogP contribution in [0.3, 0.4) is 0 Å². The highest BCUT2D eigenvalue weighted by Gasteiger charge is 2.28. The van der Waals surface area contributed by atoms with Crippen molar-refractivity contribution in [2.75, 3.05) is 26.2 Å². The van der Waals surface area contributed by atoms with Crippen LogP contribution in [-0.2, 0) is 16.6 Å². The van der Waals surface area contributed by atoms with Crippen molar-refractivity contribution in [3.8, 4) is 0 Å². The average Bonchev–Trinajstić information content (AvgIpc) is 3.09. The molecular formula is C26H27N5O3S. The first-order valence-electron chi connectivity index (χ1n) is 11.6. The van der Waals surface area contributed by atoms with Crippen molar-refractivity contribution in [1.82, 2.24) is 24.0 Å². The molecule has 1 aliphatic rings. The summed E-state index contributed by atoms with van der Waals surface area (Å²) >= 11 is 0. The second-order valence-corrected chi connectivity index (χ2v) is 10.7. The van der Waals surface area contributed by atoms with E-state index in [0.29, 0.717) is 38.2 Å². The number of benzene rings is 2. The highest BCUT2D eigenvalue weighted by molar-refractivity contribution is 7.89. The molecule has 3 heterocycles. The number of aromatic nitrogens is 3. The molecule has 1 amide bonds. The summed E-state index contributed by atoms with van der Waals surface area (Å²) in [5.74, 6) is -0.148. The fraction of sp³-hybridized carbons (Fsp3) is 0.269. The van der Waals surface area contributed by atoms with Gasteiger partial charge in [0.25, 0.3) is 5.91 Å². The SMILES string of the molecule is Cc1ccc(S(=O)(=O)N2CCCN(C(=O)c3cnc4c(cnn4Cc4ccccc4)c3)CC2)cc1. The third-order valence-corrected chi connectivity index (χ3v) is 8.21. The van der Waals surface area contributed by atoms with Crippen molar-refractivity contribution in [1.29, 1.82) is 0 Å². The van der Waals surface area contributed by atoms with Crippen molar-refractivity contribution in [2.24, 2.45) is 0 Å². The number of aryl methyl sites for hydroxylation is 1. The molecule has 0 aliphatic carbocycles. The highest BCUT2D eigenvalue weighted by Crippen LogP contribution is 2.20. The molecule has 4 aromatic rings. The van der Waals surface area contributed by atoms with Gasteiger partial charge in [-0.3, -0.25) is 4.79 Å². The van der Waals surface area contributed by atoms with E-state index in [4.69, 9.17) is 0 Å². The van der Waals surface area contributed by atoms with E-state index in [-0.39, 0.29) is 17.3 Å². The van der Waals surface area contributed by atoms with Crippen LogP contribution in [0, 0.1) is 6.92 Å². The first-order chi connectivity index (χ1) is 16.9. The lowest BCUT2D eigenvalue weighted by Crippen LogP contribution is -2.37. The van der Waals surface area contributed by atoms with Crippen LogP contribution < -0.4 is 0 Å². The van der Waals surface area contributed by atoms with E-state index in [0.717, 1.165) is 22.2 Å². The van der Waals surface area contributed by atoms with E-state index in [1.54, 1.807) is 41.6 Å². The first-order valence-corrected chi connectivity index (χ1v) is 13.1. The molecule has 5 rings (SSSR count). The van der Waals surface area contributed by atoms with Crippen LogP contribution in [0.1, 0.15) is 27.9 Å². The maximum atomic E-state index is 13.2. The fourth-order valence-electron chi connectivity index (χ4n) is 4.34. The maximum absolute atomic E-state index is 13.2. The maximum Gasteiger partial charge on any atom is 0.255 e. The topological polar surface area (TPSA) is 88.4 Å². The van der Waals surface area contributed by atoms with Crippen molar-refractivity contribution in [2.45, 2.75) is 24.8 Å². The smallest absolute Gasteiger partial charge is 0.255 e. The van der Waals surface area contributed by atoms with Crippen molar-refractivity contribution in [3.05, 3.63) is 89.7 Å². The van der Waals surface area contributed by atoms with Crippen molar-refractivity contribution >= 4 is 27.0 Å². The molecule has 0 bridgehead atoms. The Labute approximate surface area is 204 Å². The number of pyridine rings is 1. The van der Waals surface area contributed by atoms with E-state index in [1.165, 1.54) is 4.31 Å². The normalized spacial score (nSPS) is 15.3. The van der Waals surface area contributed by atoms with Gasteiger partial charge in [-0.05, 0) is 37.1 Å². The van der Waals surface area contributed by atoms with Crippen LogP contribution in [0.15, 0.2) is 78.0 Å². The Hall–Kier alpha value is -3.56. The number of rotatable bonds is 5. The minimum absolute atomic E-state index is 0.148. The molecule has 9 heteroatoms. The molecule has 8 nitrogen and oxygen atoms in total. The summed E-state index contributed by atoms with van der Waals surface area (Å²) in [6, 6.07) is 18.7. The van der Waals surface area contributed by atoms with Crippen LogP contribution in [0.2, 0.25) is 0 Å². The van der Waals surface area contributed by atoms with E-state index in [9.17, 15) is 13.2 Å². The largest absolute Gasteiger partial charge is 0.337 e. The molecule has 0 atom stereocenters. The first kappa shape index (κ1) is 23.2. The standard InChI is InChI=1S/C26H27N5O3S/c1-20-8-10-24(11-9-20)35(33,34)30-13-5-12-29(14-15-30)26(32)23-16-22-18-28-31(25(22)27-17-23)19-21-6-3-2-4-7-21/h2-4,6-11,16-18H,5,12-15,19H2,1H3. The van der Waals surface area contributed by atoms with Gasteiger partial charge in [0.1, 0.15) is 0 Å². The summed E-state index contributed by atoms with van der Waals surface area (Å²) in [7, 11) is -3.60. The summed E-state index contributed by atoms with van der Waals surface area (Å²) in [6.45, 7) is 3.98. The Morgan fingerprint density at radius 2 is 1.71 bits per heavy atom. The summed E-state index contributed by atoms with van der Waals surface area (Å²) in [4.78, 5) is 19.8. The second kappa shape index (κ2) is 9.59. The molecule has 1 fully saturated rings. The minimum Gasteiger partial charge on any atom is -0.337 e. The number of carbonyl (C=O) groups excluding carboxylic acids is 1. The van der Waals surface area contributed by atoms with Gasteiger partial charge in [-0.15, -0.1) is 0 Å². The molecule has 180 valence electrons. The lowest BCUT2D eigenvalue weighted by molar-refractivity contribution is 0.0764. The van der Waals surface area contributed by atoms with Crippen LogP contribution >= 0.6 is 0 Å². The van der Waals surface area contributed by atoms with Crippen molar-refractivity contribution in [3.63, 3.8) is 0 Å². The highest BCUT2D eigenvalue weighted by atomic mass is 32.2. The van der Waals surface area contributed by atoms with Gasteiger partial charge in [-0.1, -0.05) is 48.0 Å². The number of amides is 1. The predicted octanol–water partition coefficient (Wildman–Crippen LogP) is 3.32. The zero-order chi connectivity index (χ0) is 24.4. The number of nitrogens with zero attached hydrogens (tertiary/aromatic N) is 5. The summed E-state index contributed by atoms with van der Waals surface area (Å²) in [6.07, 6.45) is 3.88. The molecule has 0 unspecified atom stereocenters. The molecule has 0 N–H and O–H groups in total. The zero-order valence-corrected chi connectivity index (χ0v) is 20.4. The summed E-state index contributed by atoms with van der Waals surface area (Å²) < 4.78 is 29.5. The fourth-order valence-corrected chi connectivity index (χ4v) is 5.81. The Balaban J connectivity index is 1.29. The molecule has 1 aliphatic heterocycles. The van der Waals surface area contributed by atoms with Gasteiger partial charge in [0.05, 0.1) is 23.2 Å². The van der Waals surface area contributed by atoms with Gasteiger partial charge >= 0.3 is 0 Å². The van der Waals surface area contributed by atoms with Gasteiger partial charge in [0.2, 0.25) is 10.0 Å². The Kier molecular flexibility index (Phi) is 6.36. The van der Waals surface area contributed by atoms with Gasteiger partial charge in [-0.25, -0.2) is 18.1 Å². The number of hydrogen-bond acceptors (Lipinski definition) is 5. The molecule has 0 saturated carbocycles. The summed E-state index contributed by atoms with van der Waals surface area (Å²) in [5, 5.41) is 5.24. The predicted molar refractivity (Wildman–Crippen MR) is 134 cm³/mol. The number of carbonyl (C=O) groups is 1. The zero-order valence-electron chi connectivity index (χ0n) is 19.5. The lowest BCUT2D eigenvalue weighted by Gasteiger charge is -2.22. The molecule has 0 radical (unpaired) electrons. The van der Waals surface area contributed by atoms with Crippen LogP contribution in [-0.4, -0.2) is 64.5 Å². The van der Waals surface area contributed by atoms with Gasteiger partial charge < -0.3 is 4.90 Å². The second-order valence-electron chi connectivity index (χ2n) is 8.79. The monoisotopic (exact) mass is 489 g/mol. The third-order valence-electron chi connectivity index (χ3n) is 6.30. The summed E-state index contributed by atoms with van der Waals surface area (Å²) in [5.41, 5.74) is 3.32. The number of fused-ring (bicyclic) bond motifs is 1.